The van der Waals surface area contributed by atoms with Gasteiger partial charge >= 0.3 is 0 Å². The van der Waals surface area contributed by atoms with Crippen molar-refractivity contribution in [2.75, 3.05) is 0 Å². The first-order valence-electron chi connectivity index (χ1n) is 6.92. The molecule has 1 aliphatic rings. The molecule has 18 heavy (non-hydrogen) atoms. The van der Waals surface area contributed by atoms with Gasteiger partial charge in [0.25, 0.3) is 0 Å². The second-order valence-electron chi connectivity index (χ2n) is 6.38. The summed E-state index contributed by atoms with van der Waals surface area (Å²) >= 11 is 0. The van der Waals surface area contributed by atoms with Crippen LogP contribution in [0, 0.1) is 5.41 Å². The van der Waals surface area contributed by atoms with Crippen molar-refractivity contribution in [3.05, 3.63) is 36.0 Å². The first-order valence-corrected chi connectivity index (χ1v) is 6.92. The van der Waals surface area contributed by atoms with Crippen molar-refractivity contribution in [1.29, 1.82) is 0 Å². The molecule has 1 heterocycles. The van der Waals surface area contributed by atoms with Gasteiger partial charge in [0.1, 0.15) is 0 Å². The monoisotopic (exact) mass is 242 g/mol. The van der Waals surface area contributed by atoms with Crippen LogP contribution in [0.1, 0.15) is 38.7 Å². The van der Waals surface area contributed by atoms with Crippen molar-refractivity contribution in [1.82, 2.24) is 10.3 Å². The Morgan fingerprint density at radius 1 is 1.33 bits per heavy atom. The Labute approximate surface area is 109 Å². The highest BCUT2D eigenvalue weighted by atomic mass is 14.9. The number of aromatic nitrogens is 1. The first-order chi connectivity index (χ1) is 8.62. The largest absolute Gasteiger partial charge is 0.361 e. The zero-order valence-corrected chi connectivity index (χ0v) is 11.3. The molecule has 2 aromatic rings. The lowest BCUT2D eigenvalue weighted by Gasteiger charge is -2.18. The molecule has 1 fully saturated rings. The van der Waals surface area contributed by atoms with Crippen LogP contribution in [0.3, 0.4) is 0 Å². The minimum atomic E-state index is 0.530. The van der Waals surface area contributed by atoms with Gasteiger partial charge < -0.3 is 10.3 Å². The zero-order chi connectivity index (χ0) is 12.6. The molecular formula is C16H22N2. The topological polar surface area (TPSA) is 27.8 Å². The number of hydrogen-bond donors (Lipinski definition) is 2. The van der Waals surface area contributed by atoms with Crippen LogP contribution in [0.4, 0.5) is 0 Å². The third-order valence-electron chi connectivity index (χ3n) is 4.18. The molecule has 0 amide bonds. The number of benzene rings is 1. The summed E-state index contributed by atoms with van der Waals surface area (Å²) in [5.74, 6) is 0. The predicted octanol–water partition coefficient (Wildman–Crippen LogP) is 3.84. The number of aromatic amines is 1. The van der Waals surface area contributed by atoms with Crippen LogP contribution in [-0.4, -0.2) is 11.0 Å². The molecule has 1 unspecified atom stereocenters. The van der Waals surface area contributed by atoms with Crippen molar-refractivity contribution in [2.45, 2.75) is 45.7 Å². The van der Waals surface area contributed by atoms with Gasteiger partial charge in [0, 0.05) is 24.3 Å². The number of rotatable bonds is 3. The lowest BCUT2D eigenvalue weighted by atomic mass is 9.92. The zero-order valence-electron chi connectivity index (χ0n) is 11.3. The molecule has 0 spiro atoms. The molecular weight excluding hydrogens is 220 g/mol. The van der Waals surface area contributed by atoms with Gasteiger partial charge in [-0.1, -0.05) is 19.9 Å². The maximum absolute atomic E-state index is 3.70. The molecule has 1 aliphatic carbocycles. The van der Waals surface area contributed by atoms with Crippen molar-refractivity contribution in [2.24, 2.45) is 5.41 Å². The Kier molecular flexibility index (Phi) is 2.90. The van der Waals surface area contributed by atoms with Gasteiger partial charge in [-0.15, -0.1) is 0 Å². The minimum absolute atomic E-state index is 0.530. The molecule has 1 aromatic carbocycles. The molecule has 1 aromatic heterocycles. The average Bonchev–Trinajstić information content (AvgIpc) is 2.92. The van der Waals surface area contributed by atoms with Crippen molar-refractivity contribution in [3.63, 3.8) is 0 Å². The lowest BCUT2D eigenvalue weighted by molar-refractivity contribution is 0.364. The van der Waals surface area contributed by atoms with E-state index in [1.807, 2.05) is 6.20 Å². The predicted molar refractivity (Wildman–Crippen MR) is 76.6 cm³/mol. The average molecular weight is 242 g/mol. The quantitative estimate of drug-likeness (QED) is 0.841. The summed E-state index contributed by atoms with van der Waals surface area (Å²) in [7, 11) is 0. The first kappa shape index (κ1) is 11.8. The summed E-state index contributed by atoms with van der Waals surface area (Å²) in [5, 5.41) is 5.01. The Hall–Kier alpha value is -1.28. The Morgan fingerprint density at radius 3 is 3.00 bits per heavy atom. The highest BCUT2D eigenvalue weighted by Gasteiger charge is 2.30. The van der Waals surface area contributed by atoms with E-state index in [4.69, 9.17) is 0 Å². The van der Waals surface area contributed by atoms with Crippen LogP contribution in [0.5, 0.6) is 0 Å². The minimum Gasteiger partial charge on any atom is -0.361 e. The molecule has 0 radical (unpaired) electrons. The van der Waals surface area contributed by atoms with E-state index in [1.54, 1.807) is 0 Å². The summed E-state index contributed by atoms with van der Waals surface area (Å²) < 4.78 is 0. The molecule has 2 nitrogen and oxygen atoms in total. The van der Waals surface area contributed by atoms with Gasteiger partial charge in [-0.3, -0.25) is 0 Å². The summed E-state index contributed by atoms with van der Waals surface area (Å²) in [6.07, 6.45) is 5.97. The smallest absolute Gasteiger partial charge is 0.0454 e. The number of nitrogens with one attached hydrogen (secondary N) is 2. The highest BCUT2D eigenvalue weighted by Crippen LogP contribution is 2.36. The van der Waals surface area contributed by atoms with E-state index in [0.717, 1.165) is 6.54 Å². The third-order valence-corrected chi connectivity index (χ3v) is 4.18. The van der Waals surface area contributed by atoms with Crippen molar-refractivity contribution >= 4 is 10.9 Å². The Bertz CT molecular complexity index is 539. The van der Waals surface area contributed by atoms with Crippen molar-refractivity contribution in [3.8, 4) is 0 Å². The fraction of sp³-hybridized carbons (Fsp3) is 0.500. The number of H-pyrrole nitrogens is 1. The SMILES string of the molecule is CC1(C)CCC(NCc2ccc3[nH]ccc3c2)C1. The molecule has 0 aliphatic heterocycles. The second-order valence-corrected chi connectivity index (χ2v) is 6.38. The van der Waals surface area contributed by atoms with Crippen LogP contribution >= 0.6 is 0 Å². The van der Waals surface area contributed by atoms with Gasteiger partial charge in [0.05, 0.1) is 0 Å². The lowest BCUT2D eigenvalue weighted by Crippen LogP contribution is -2.26. The summed E-state index contributed by atoms with van der Waals surface area (Å²) in [4.78, 5) is 3.23. The standard InChI is InChI=1S/C16H22N2/c1-16(2)7-5-14(10-16)18-11-12-3-4-15-13(9-12)6-8-17-15/h3-4,6,8-9,14,17-18H,5,7,10-11H2,1-2H3. The number of hydrogen-bond acceptors (Lipinski definition) is 1. The van der Waals surface area contributed by atoms with Crippen molar-refractivity contribution < 1.29 is 0 Å². The maximum Gasteiger partial charge on any atom is 0.0454 e. The molecule has 0 saturated heterocycles. The molecule has 2 N–H and O–H groups in total. The second kappa shape index (κ2) is 4.43. The summed E-state index contributed by atoms with van der Waals surface area (Å²) in [5.41, 5.74) is 3.13. The molecule has 1 atom stereocenters. The van der Waals surface area contributed by atoms with E-state index in [9.17, 15) is 0 Å². The number of fused-ring (bicyclic) bond motifs is 1. The van der Waals surface area contributed by atoms with E-state index < -0.39 is 0 Å². The Balaban J connectivity index is 1.63. The van der Waals surface area contributed by atoms with Crippen LogP contribution in [-0.2, 0) is 6.54 Å². The highest BCUT2D eigenvalue weighted by molar-refractivity contribution is 5.79. The fourth-order valence-electron chi connectivity index (χ4n) is 3.09. The molecule has 96 valence electrons. The van der Waals surface area contributed by atoms with Crippen LogP contribution in [0.15, 0.2) is 30.5 Å². The van der Waals surface area contributed by atoms with E-state index in [1.165, 1.54) is 35.7 Å². The molecule has 2 heteroatoms. The van der Waals surface area contributed by atoms with Gasteiger partial charge in [-0.25, -0.2) is 0 Å². The van der Waals surface area contributed by atoms with Crippen LogP contribution in [0.2, 0.25) is 0 Å². The molecule has 3 rings (SSSR count). The molecule has 0 bridgehead atoms. The summed E-state index contributed by atoms with van der Waals surface area (Å²) in [6.45, 7) is 5.74. The van der Waals surface area contributed by atoms with E-state index in [-0.39, 0.29) is 0 Å². The van der Waals surface area contributed by atoms with Gasteiger partial charge in [-0.05, 0) is 53.8 Å². The van der Waals surface area contributed by atoms with E-state index >= 15 is 0 Å². The van der Waals surface area contributed by atoms with Crippen LogP contribution in [0.25, 0.3) is 10.9 Å². The summed E-state index contributed by atoms with van der Waals surface area (Å²) in [6, 6.07) is 9.50. The van der Waals surface area contributed by atoms with Gasteiger partial charge in [0.15, 0.2) is 0 Å². The fourth-order valence-corrected chi connectivity index (χ4v) is 3.09. The van der Waals surface area contributed by atoms with E-state index in [0.29, 0.717) is 11.5 Å². The Morgan fingerprint density at radius 2 is 2.22 bits per heavy atom. The van der Waals surface area contributed by atoms with Gasteiger partial charge in [-0.2, -0.15) is 0 Å². The third kappa shape index (κ3) is 2.44. The van der Waals surface area contributed by atoms with Gasteiger partial charge in [0.2, 0.25) is 0 Å². The van der Waals surface area contributed by atoms with E-state index in [2.05, 4.69) is 48.4 Å². The molecule has 1 saturated carbocycles. The van der Waals surface area contributed by atoms with Crippen LogP contribution < -0.4 is 5.32 Å². The maximum atomic E-state index is 3.70. The normalized spacial score (nSPS) is 22.7.